The summed E-state index contributed by atoms with van der Waals surface area (Å²) in [5.41, 5.74) is 1.27. The van der Waals surface area contributed by atoms with Crippen LogP contribution in [0, 0.1) is 22.2 Å². The Balaban J connectivity index is 1.57. The number of oxime groups is 1. The summed E-state index contributed by atoms with van der Waals surface area (Å²) in [6.45, 7) is 25.4. The van der Waals surface area contributed by atoms with Crippen molar-refractivity contribution in [2.24, 2.45) is 27.3 Å². The number of benzene rings is 1. The van der Waals surface area contributed by atoms with Crippen LogP contribution in [0.1, 0.15) is 106 Å². The molecule has 6 nitrogen and oxygen atoms in total. The van der Waals surface area contributed by atoms with E-state index in [0.29, 0.717) is 19.1 Å². The third-order valence-corrected chi connectivity index (χ3v) is 16.6. The molecular weight excluding hydrogens is 542 g/mol. The number of carbonyl (C=O) groups excluding carboxylic acids is 1. The van der Waals surface area contributed by atoms with Crippen LogP contribution in [-0.4, -0.2) is 44.4 Å². The van der Waals surface area contributed by atoms with Crippen molar-refractivity contribution in [1.29, 1.82) is 0 Å². The van der Waals surface area contributed by atoms with E-state index >= 15 is 0 Å². The molecule has 2 saturated carbocycles. The van der Waals surface area contributed by atoms with E-state index in [4.69, 9.17) is 23.9 Å². The minimum absolute atomic E-state index is 0.0322. The van der Waals surface area contributed by atoms with Crippen LogP contribution in [0.2, 0.25) is 18.1 Å². The molecule has 1 aliphatic heterocycles. The van der Waals surface area contributed by atoms with Gasteiger partial charge in [-0.05, 0) is 92.8 Å². The van der Waals surface area contributed by atoms with E-state index in [1.807, 2.05) is 30.3 Å². The Labute approximate surface area is 256 Å². The summed E-state index contributed by atoms with van der Waals surface area (Å²) in [6.07, 6.45) is 6.18. The van der Waals surface area contributed by atoms with Gasteiger partial charge in [-0.15, -0.1) is 0 Å². The molecule has 0 radical (unpaired) electrons. The van der Waals surface area contributed by atoms with Crippen molar-refractivity contribution in [1.82, 2.24) is 0 Å². The van der Waals surface area contributed by atoms with E-state index in [9.17, 15) is 4.79 Å². The number of carbonyl (C=O) groups is 1. The molecule has 236 valence electrons. The number of nitrogens with zero attached hydrogens (tertiary/aromatic N) is 1. The van der Waals surface area contributed by atoms with Crippen LogP contribution in [0.15, 0.2) is 35.5 Å². The number of hydrogen-bond acceptors (Lipinski definition) is 6. The van der Waals surface area contributed by atoms with Gasteiger partial charge in [0.2, 0.25) is 0 Å². The number of esters is 1. The van der Waals surface area contributed by atoms with Gasteiger partial charge >= 0.3 is 5.97 Å². The quantitative estimate of drug-likeness (QED) is 0.170. The summed E-state index contributed by atoms with van der Waals surface area (Å²) in [5.74, 6) is 0.168. The smallest absolute Gasteiger partial charge is 0.302 e. The van der Waals surface area contributed by atoms with Gasteiger partial charge in [-0.3, -0.25) is 4.79 Å². The Kier molecular flexibility index (Phi) is 9.22. The van der Waals surface area contributed by atoms with Crippen molar-refractivity contribution in [2.75, 3.05) is 6.61 Å². The molecule has 1 aromatic carbocycles. The average molecular weight is 600 g/mol. The largest absolute Gasteiger partial charge is 0.465 e. The van der Waals surface area contributed by atoms with Gasteiger partial charge in [-0.25, -0.2) is 0 Å². The summed E-state index contributed by atoms with van der Waals surface area (Å²) in [5, 5.41) is 4.90. The predicted molar refractivity (Wildman–Crippen MR) is 172 cm³/mol. The van der Waals surface area contributed by atoms with Crippen LogP contribution >= 0.6 is 0 Å². The van der Waals surface area contributed by atoms with E-state index in [1.165, 1.54) is 6.92 Å². The lowest BCUT2D eigenvalue weighted by molar-refractivity contribution is -0.240. The summed E-state index contributed by atoms with van der Waals surface area (Å²) in [7, 11) is -1.95. The highest BCUT2D eigenvalue weighted by molar-refractivity contribution is 6.74. The van der Waals surface area contributed by atoms with Gasteiger partial charge in [0.15, 0.2) is 8.32 Å². The van der Waals surface area contributed by atoms with Gasteiger partial charge in [0.1, 0.15) is 13.2 Å². The third-order valence-electron chi connectivity index (χ3n) is 12.0. The standard InChI is InChI=1S/C35H57NO5Si/c1-25(37)38-24-35(9)28(36-39-23-26-15-13-12-14-16-26)18-17-27-33(7)21-19-29(40-30(33)20-22-34(27,35)8)32(5,6)41-42(10,11)31(2,3)4/h12-16,27,29-30H,17-24H2,1-11H3/b36-28+. The molecule has 6 atom stereocenters. The van der Waals surface area contributed by atoms with Gasteiger partial charge in [-0.1, -0.05) is 77.0 Å². The van der Waals surface area contributed by atoms with Gasteiger partial charge in [-0.2, -0.15) is 0 Å². The van der Waals surface area contributed by atoms with Gasteiger partial charge in [0.25, 0.3) is 0 Å². The predicted octanol–water partition coefficient (Wildman–Crippen LogP) is 8.69. The molecule has 7 heteroatoms. The zero-order valence-corrected chi connectivity index (χ0v) is 29.3. The van der Waals surface area contributed by atoms with E-state index in [0.717, 1.165) is 49.8 Å². The molecule has 4 rings (SSSR count). The highest BCUT2D eigenvalue weighted by Gasteiger charge is 2.65. The average Bonchev–Trinajstić information content (AvgIpc) is 2.88. The molecule has 1 aromatic rings. The fourth-order valence-electron chi connectivity index (χ4n) is 8.14. The topological polar surface area (TPSA) is 66.4 Å². The number of rotatable bonds is 8. The van der Waals surface area contributed by atoms with Crippen LogP contribution in [0.5, 0.6) is 0 Å². The lowest BCUT2D eigenvalue weighted by Gasteiger charge is -2.66. The first-order valence-electron chi connectivity index (χ1n) is 16.1. The fourth-order valence-corrected chi connectivity index (χ4v) is 9.89. The number of ether oxygens (including phenoxy) is 2. The summed E-state index contributed by atoms with van der Waals surface area (Å²) < 4.78 is 19.8. The molecule has 1 heterocycles. The van der Waals surface area contributed by atoms with Crippen molar-refractivity contribution in [3.8, 4) is 0 Å². The lowest BCUT2D eigenvalue weighted by Crippen LogP contribution is -2.66. The van der Waals surface area contributed by atoms with E-state index < -0.39 is 13.7 Å². The highest BCUT2D eigenvalue weighted by Crippen LogP contribution is 2.66. The van der Waals surface area contributed by atoms with Crippen molar-refractivity contribution >= 4 is 20.0 Å². The molecule has 0 N–H and O–H groups in total. The van der Waals surface area contributed by atoms with Gasteiger partial charge in [0.05, 0.1) is 23.5 Å². The maximum absolute atomic E-state index is 12.1. The maximum atomic E-state index is 12.1. The molecule has 0 aromatic heterocycles. The third kappa shape index (κ3) is 6.12. The molecule has 3 fully saturated rings. The SMILES string of the molecule is CC(=O)OCC1(C)/C(=N/OCc2ccccc2)CCC2C3(C)CCC(C(C)(C)O[Si](C)(C)C(C)(C)C)OC3CCC21C. The fraction of sp³-hybridized carbons (Fsp3) is 0.771. The molecule has 6 unspecified atom stereocenters. The monoisotopic (exact) mass is 599 g/mol. The van der Waals surface area contributed by atoms with Crippen LogP contribution in [0.3, 0.4) is 0 Å². The van der Waals surface area contributed by atoms with E-state index in [-0.39, 0.29) is 39.6 Å². The normalized spacial score (nSPS) is 34.8. The second kappa shape index (κ2) is 11.7. The molecule has 2 aliphatic carbocycles. The second-order valence-corrected chi connectivity index (χ2v) is 20.8. The Morgan fingerprint density at radius 1 is 1.02 bits per heavy atom. The first-order valence-corrected chi connectivity index (χ1v) is 19.0. The van der Waals surface area contributed by atoms with Crippen LogP contribution in [0.25, 0.3) is 0 Å². The van der Waals surface area contributed by atoms with Gasteiger partial charge in [0, 0.05) is 12.3 Å². The minimum Gasteiger partial charge on any atom is -0.465 e. The Hall–Kier alpha value is -1.70. The molecule has 0 spiro atoms. The highest BCUT2D eigenvalue weighted by atomic mass is 28.4. The van der Waals surface area contributed by atoms with E-state index in [2.05, 4.69) is 68.5 Å². The Morgan fingerprint density at radius 2 is 1.69 bits per heavy atom. The zero-order chi connectivity index (χ0) is 31.2. The molecule has 42 heavy (non-hydrogen) atoms. The van der Waals surface area contributed by atoms with Crippen molar-refractivity contribution in [2.45, 2.75) is 143 Å². The Bertz CT molecular complexity index is 1140. The van der Waals surface area contributed by atoms with Gasteiger partial charge < -0.3 is 18.7 Å². The molecule has 3 aliphatic rings. The van der Waals surface area contributed by atoms with Crippen LogP contribution in [0.4, 0.5) is 0 Å². The molecule has 1 saturated heterocycles. The second-order valence-electron chi connectivity index (χ2n) is 16.1. The van der Waals surface area contributed by atoms with Crippen molar-refractivity contribution in [3.63, 3.8) is 0 Å². The zero-order valence-electron chi connectivity index (χ0n) is 28.3. The minimum atomic E-state index is -1.95. The van der Waals surface area contributed by atoms with Crippen molar-refractivity contribution < 1.29 is 23.5 Å². The first kappa shape index (κ1) is 33.2. The first-order chi connectivity index (χ1) is 19.4. The number of fused-ring (bicyclic) bond motifs is 3. The maximum Gasteiger partial charge on any atom is 0.302 e. The summed E-state index contributed by atoms with van der Waals surface area (Å²) >= 11 is 0. The summed E-state index contributed by atoms with van der Waals surface area (Å²) in [4.78, 5) is 18.0. The molecule has 0 amide bonds. The number of hydrogen-bond donors (Lipinski definition) is 0. The Morgan fingerprint density at radius 3 is 2.31 bits per heavy atom. The van der Waals surface area contributed by atoms with Crippen LogP contribution < -0.4 is 0 Å². The van der Waals surface area contributed by atoms with Crippen molar-refractivity contribution in [3.05, 3.63) is 35.9 Å². The summed E-state index contributed by atoms with van der Waals surface area (Å²) in [6, 6.07) is 10.1. The van der Waals surface area contributed by atoms with Crippen LogP contribution in [-0.2, 0) is 30.1 Å². The lowest BCUT2D eigenvalue weighted by atomic mass is 9.41. The van der Waals surface area contributed by atoms with E-state index in [1.54, 1.807) is 0 Å². The molecular formula is C35H57NO5Si. The molecule has 0 bridgehead atoms.